The summed E-state index contributed by atoms with van der Waals surface area (Å²) in [6.07, 6.45) is 1.96. The Balaban J connectivity index is 1.94. The van der Waals surface area contributed by atoms with Crippen LogP contribution in [0.15, 0.2) is 24.3 Å². The van der Waals surface area contributed by atoms with Gasteiger partial charge in [-0.1, -0.05) is 12.1 Å². The van der Waals surface area contributed by atoms with E-state index in [1.165, 1.54) is 0 Å². The first kappa shape index (κ1) is 13.6. The zero-order valence-electron chi connectivity index (χ0n) is 11.2. The number of nitrogens with one attached hydrogen (secondary N) is 2. The normalized spacial score (nSPS) is 22.5. The standard InChI is InChI=1S/C15H19N3O/c1-15(6-3-7-17-11-15)14(19)18-10-13-5-2-4-12(8-13)9-16/h2,4-5,8,17H,3,6-7,10-11H2,1H3,(H,18,19). The van der Waals surface area contributed by atoms with Crippen LogP contribution in [0.5, 0.6) is 0 Å². The predicted molar refractivity (Wildman–Crippen MR) is 73.2 cm³/mol. The Hall–Kier alpha value is -1.86. The highest BCUT2D eigenvalue weighted by molar-refractivity contribution is 5.82. The molecule has 1 unspecified atom stereocenters. The Kier molecular flexibility index (Phi) is 4.18. The van der Waals surface area contributed by atoms with Crippen molar-refractivity contribution in [3.05, 3.63) is 35.4 Å². The molecule has 0 bridgehead atoms. The van der Waals surface area contributed by atoms with Crippen molar-refractivity contribution < 1.29 is 4.79 Å². The SMILES string of the molecule is CC1(C(=O)NCc2cccc(C#N)c2)CCCNC1. The third-order valence-electron chi connectivity index (χ3n) is 3.65. The predicted octanol–water partition coefficient (Wildman–Crippen LogP) is 1.56. The smallest absolute Gasteiger partial charge is 0.227 e. The molecule has 19 heavy (non-hydrogen) atoms. The van der Waals surface area contributed by atoms with Crippen LogP contribution in [0.25, 0.3) is 0 Å². The van der Waals surface area contributed by atoms with Gasteiger partial charge in [-0.25, -0.2) is 0 Å². The number of rotatable bonds is 3. The maximum Gasteiger partial charge on any atom is 0.227 e. The van der Waals surface area contributed by atoms with Gasteiger partial charge in [-0.15, -0.1) is 0 Å². The third-order valence-corrected chi connectivity index (χ3v) is 3.65. The number of carbonyl (C=O) groups is 1. The van der Waals surface area contributed by atoms with Crippen molar-refractivity contribution >= 4 is 5.91 Å². The highest BCUT2D eigenvalue weighted by atomic mass is 16.2. The van der Waals surface area contributed by atoms with Crippen LogP contribution in [0, 0.1) is 16.7 Å². The molecule has 0 radical (unpaired) electrons. The molecule has 4 heteroatoms. The Bertz CT molecular complexity index is 498. The summed E-state index contributed by atoms with van der Waals surface area (Å²) < 4.78 is 0. The first-order valence-corrected chi connectivity index (χ1v) is 6.62. The molecule has 1 fully saturated rings. The van der Waals surface area contributed by atoms with E-state index in [-0.39, 0.29) is 11.3 Å². The second kappa shape index (κ2) is 5.85. The van der Waals surface area contributed by atoms with E-state index in [9.17, 15) is 4.79 Å². The molecule has 4 nitrogen and oxygen atoms in total. The molecule has 1 aliphatic heterocycles. The van der Waals surface area contributed by atoms with E-state index in [1.807, 2.05) is 25.1 Å². The molecule has 2 N–H and O–H groups in total. The second-order valence-electron chi connectivity index (χ2n) is 5.34. The summed E-state index contributed by atoms with van der Waals surface area (Å²) in [6.45, 7) is 4.20. The van der Waals surface area contributed by atoms with Crippen LogP contribution in [-0.2, 0) is 11.3 Å². The van der Waals surface area contributed by atoms with E-state index in [2.05, 4.69) is 16.7 Å². The van der Waals surface area contributed by atoms with Gasteiger partial charge in [-0.2, -0.15) is 5.26 Å². The number of piperidine rings is 1. The lowest BCUT2D eigenvalue weighted by Gasteiger charge is -2.32. The molecule has 1 atom stereocenters. The van der Waals surface area contributed by atoms with Crippen molar-refractivity contribution in [1.82, 2.24) is 10.6 Å². The van der Waals surface area contributed by atoms with Gasteiger partial charge in [-0.05, 0) is 44.0 Å². The van der Waals surface area contributed by atoms with Gasteiger partial charge in [0.1, 0.15) is 0 Å². The number of carbonyl (C=O) groups excluding carboxylic acids is 1. The number of hydrogen-bond donors (Lipinski definition) is 2. The van der Waals surface area contributed by atoms with Crippen molar-refractivity contribution in [3.8, 4) is 6.07 Å². The third kappa shape index (κ3) is 3.33. The van der Waals surface area contributed by atoms with Crippen LogP contribution in [0.1, 0.15) is 30.9 Å². The van der Waals surface area contributed by atoms with Crippen molar-refractivity contribution in [2.45, 2.75) is 26.3 Å². The average molecular weight is 257 g/mol. The minimum Gasteiger partial charge on any atom is -0.352 e. The van der Waals surface area contributed by atoms with Gasteiger partial charge in [0.15, 0.2) is 0 Å². The first-order valence-electron chi connectivity index (χ1n) is 6.62. The summed E-state index contributed by atoms with van der Waals surface area (Å²) >= 11 is 0. The van der Waals surface area contributed by atoms with Crippen LogP contribution in [0.3, 0.4) is 0 Å². The highest BCUT2D eigenvalue weighted by Crippen LogP contribution is 2.25. The largest absolute Gasteiger partial charge is 0.352 e. The van der Waals surface area contributed by atoms with E-state index in [0.29, 0.717) is 12.1 Å². The van der Waals surface area contributed by atoms with Crippen LogP contribution in [0.2, 0.25) is 0 Å². The van der Waals surface area contributed by atoms with Crippen molar-refractivity contribution in [1.29, 1.82) is 5.26 Å². The topological polar surface area (TPSA) is 64.9 Å². The number of nitrogens with zero attached hydrogens (tertiary/aromatic N) is 1. The molecule has 1 aromatic carbocycles. The number of amides is 1. The van der Waals surface area contributed by atoms with Gasteiger partial charge < -0.3 is 10.6 Å². The van der Waals surface area contributed by atoms with Crippen molar-refractivity contribution in [2.24, 2.45) is 5.41 Å². The maximum absolute atomic E-state index is 12.2. The summed E-state index contributed by atoms with van der Waals surface area (Å²) in [6, 6.07) is 9.43. The van der Waals surface area contributed by atoms with E-state index < -0.39 is 0 Å². The van der Waals surface area contributed by atoms with E-state index in [1.54, 1.807) is 6.07 Å². The van der Waals surface area contributed by atoms with Gasteiger partial charge >= 0.3 is 0 Å². The molecule has 100 valence electrons. The van der Waals surface area contributed by atoms with Crippen LogP contribution in [0.4, 0.5) is 0 Å². The van der Waals surface area contributed by atoms with Crippen molar-refractivity contribution in [3.63, 3.8) is 0 Å². The lowest BCUT2D eigenvalue weighted by Crippen LogP contribution is -2.48. The molecular formula is C15H19N3O. The molecule has 0 aromatic heterocycles. The summed E-state index contributed by atoms with van der Waals surface area (Å²) in [7, 11) is 0. The molecule has 0 spiro atoms. The minimum atomic E-state index is -0.314. The maximum atomic E-state index is 12.2. The van der Waals surface area contributed by atoms with Crippen LogP contribution in [-0.4, -0.2) is 19.0 Å². The van der Waals surface area contributed by atoms with Crippen molar-refractivity contribution in [2.75, 3.05) is 13.1 Å². The summed E-state index contributed by atoms with van der Waals surface area (Å²) in [5, 5.41) is 15.1. The molecule has 1 heterocycles. The molecule has 1 aromatic rings. The summed E-state index contributed by atoms with van der Waals surface area (Å²) in [5.41, 5.74) is 1.27. The fourth-order valence-electron chi connectivity index (χ4n) is 2.40. The van der Waals surface area contributed by atoms with Gasteiger partial charge in [0, 0.05) is 13.1 Å². The minimum absolute atomic E-state index is 0.0852. The summed E-state index contributed by atoms with van der Waals surface area (Å²) in [5.74, 6) is 0.0852. The number of nitriles is 1. The lowest BCUT2D eigenvalue weighted by molar-refractivity contribution is -0.131. The Labute approximate surface area is 113 Å². The van der Waals surface area contributed by atoms with Gasteiger partial charge in [0.05, 0.1) is 17.0 Å². The Morgan fingerprint density at radius 1 is 1.58 bits per heavy atom. The fourth-order valence-corrected chi connectivity index (χ4v) is 2.40. The number of hydrogen-bond acceptors (Lipinski definition) is 3. The Morgan fingerprint density at radius 3 is 3.11 bits per heavy atom. The molecule has 0 saturated carbocycles. The number of benzene rings is 1. The molecule has 1 saturated heterocycles. The fraction of sp³-hybridized carbons (Fsp3) is 0.467. The second-order valence-corrected chi connectivity index (χ2v) is 5.34. The summed E-state index contributed by atoms with van der Waals surface area (Å²) in [4.78, 5) is 12.2. The van der Waals surface area contributed by atoms with E-state index in [4.69, 9.17) is 5.26 Å². The van der Waals surface area contributed by atoms with Gasteiger partial charge in [0.2, 0.25) is 5.91 Å². The zero-order valence-corrected chi connectivity index (χ0v) is 11.2. The molecule has 2 rings (SSSR count). The van der Waals surface area contributed by atoms with Crippen LogP contribution >= 0.6 is 0 Å². The monoisotopic (exact) mass is 257 g/mol. The highest BCUT2D eigenvalue weighted by Gasteiger charge is 2.34. The Morgan fingerprint density at radius 2 is 2.42 bits per heavy atom. The first-order chi connectivity index (χ1) is 9.14. The van der Waals surface area contributed by atoms with Crippen LogP contribution < -0.4 is 10.6 Å². The van der Waals surface area contributed by atoms with Gasteiger partial charge in [0.25, 0.3) is 0 Å². The molecule has 1 amide bonds. The quantitative estimate of drug-likeness (QED) is 0.863. The van der Waals surface area contributed by atoms with E-state index in [0.717, 1.165) is 31.5 Å². The average Bonchev–Trinajstić information content (AvgIpc) is 2.45. The molecular weight excluding hydrogens is 238 g/mol. The van der Waals surface area contributed by atoms with E-state index >= 15 is 0 Å². The lowest BCUT2D eigenvalue weighted by atomic mass is 9.82. The molecule has 0 aliphatic carbocycles. The molecule has 1 aliphatic rings. The zero-order chi connectivity index (χ0) is 13.7. The van der Waals surface area contributed by atoms with Gasteiger partial charge in [-0.3, -0.25) is 4.79 Å².